The van der Waals surface area contributed by atoms with Crippen LogP contribution in [0.2, 0.25) is 5.02 Å². The van der Waals surface area contributed by atoms with Gasteiger partial charge in [0.1, 0.15) is 5.65 Å². The number of aromatic nitrogens is 2. The SMILES string of the molecule is CO[C@@H]1CCC[C@H](C(=O)N2CCN(Cc3c(-c4ccc(Cl)cc4)nc4ccc(-c5cc6ccccc6s5)cn34)CC2)C1. The van der Waals surface area contributed by atoms with Crippen LogP contribution in [0.5, 0.6) is 0 Å². The van der Waals surface area contributed by atoms with Gasteiger partial charge in [-0.2, -0.15) is 0 Å². The standard InChI is InChI=1S/C34H35ClN4O2S/c1-41-28-7-4-6-25(19-28)34(40)38-17-15-37(16-18-38)22-29-33(23-9-12-27(35)13-10-23)36-32-14-11-26(21-39(29)32)31-20-24-5-2-3-8-30(24)42-31/h2-3,5,8-14,20-21,25,28H,4,6-7,15-19,22H2,1H3/t25-,28+/m0/s1. The number of carbonyl (C=O) groups excluding carboxylic acids is 1. The summed E-state index contributed by atoms with van der Waals surface area (Å²) in [6.07, 6.45) is 6.41. The molecule has 1 amide bonds. The molecule has 1 saturated carbocycles. The van der Waals surface area contributed by atoms with E-state index in [1.807, 2.05) is 23.5 Å². The molecule has 42 heavy (non-hydrogen) atoms. The van der Waals surface area contributed by atoms with Gasteiger partial charge in [0, 0.05) is 77.7 Å². The van der Waals surface area contributed by atoms with Crippen LogP contribution in [0.4, 0.5) is 0 Å². The van der Waals surface area contributed by atoms with E-state index in [0.717, 1.165) is 81.0 Å². The van der Waals surface area contributed by atoms with Crippen molar-refractivity contribution in [2.24, 2.45) is 5.92 Å². The van der Waals surface area contributed by atoms with Crippen molar-refractivity contribution in [1.29, 1.82) is 0 Å². The molecule has 1 aliphatic heterocycles. The fourth-order valence-corrected chi connectivity index (χ4v) is 7.71. The first-order chi connectivity index (χ1) is 20.6. The molecule has 1 aliphatic carbocycles. The Bertz CT molecular complexity index is 1690. The summed E-state index contributed by atoms with van der Waals surface area (Å²) in [6.45, 7) is 3.96. The number of carbonyl (C=O) groups is 1. The molecule has 216 valence electrons. The van der Waals surface area contributed by atoms with Crippen LogP contribution in [0.3, 0.4) is 0 Å². The van der Waals surface area contributed by atoms with Crippen molar-refractivity contribution in [3.05, 3.63) is 83.6 Å². The molecule has 0 spiro atoms. The maximum atomic E-state index is 13.3. The lowest BCUT2D eigenvalue weighted by molar-refractivity contribution is -0.140. The van der Waals surface area contributed by atoms with Crippen LogP contribution >= 0.6 is 22.9 Å². The molecular formula is C34H35ClN4O2S. The van der Waals surface area contributed by atoms with Crippen LogP contribution in [-0.4, -0.2) is 64.5 Å². The van der Waals surface area contributed by atoms with Crippen LogP contribution in [0.1, 0.15) is 31.4 Å². The Morgan fingerprint density at radius 1 is 1.00 bits per heavy atom. The van der Waals surface area contributed by atoms with Crippen molar-refractivity contribution in [1.82, 2.24) is 19.2 Å². The quantitative estimate of drug-likeness (QED) is 0.205. The van der Waals surface area contributed by atoms with E-state index in [0.29, 0.717) is 10.9 Å². The number of halogens is 1. The molecule has 0 N–H and O–H groups in total. The van der Waals surface area contributed by atoms with Crippen LogP contribution in [-0.2, 0) is 16.1 Å². The van der Waals surface area contributed by atoms with Crippen molar-refractivity contribution in [2.75, 3.05) is 33.3 Å². The van der Waals surface area contributed by atoms with Crippen molar-refractivity contribution in [2.45, 2.75) is 38.3 Å². The monoisotopic (exact) mass is 598 g/mol. The lowest BCUT2D eigenvalue weighted by Gasteiger charge is -2.38. The van der Waals surface area contributed by atoms with Crippen molar-refractivity contribution < 1.29 is 9.53 Å². The average Bonchev–Trinajstić information content (AvgIpc) is 3.63. The number of piperazine rings is 1. The second-order valence-electron chi connectivity index (χ2n) is 11.5. The molecule has 2 atom stereocenters. The summed E-state index contributed by atoms with van der Waals surface area (Å²) in [7, 11) is 1.76. The molecule has 6 nitrogen and oxygen atoms in total. The summed E-state index contributed by atoms with van der Waals surface area (Å²) in [5.41, 5.74) is 5.30. The predicted molar refractivity (Wildman–Crippen MR) is 171 cm³/mol. The molecular weight excluding hydrogens is 564 g/mol. The number of thiophene rings is 1. The predicted octanol–water partition coefficient (Wildman–Crippen LogP) is 7.39. The third-order valence-corrected chi connectivity index (χ3v) is 10.3. The number of imidazole rings is 1. The highest BCUT2D eigenvalue weighted by Crippen LogP contribution is 2.35. The maximum Gasteiger partial charge on any atom is 0.225 e. The molecule has 0 unspecified atom stereocenters. The van der Waals surface area contributed by atoms with Crippen molar-refractivity contribution >= 4 is 44.6 Å². The van der Waals surface area contributed by atoms with Gasteiger partial charge in [0.2, 0.25) is 5.91 Å². The van der Waals surface area contributed by atoms with Gasteiger partial charge >= 0.3 is 0 Å². The summed E-state index contributed by atoms with van der Waals surface area (Å²) < 4.78 is 9.13. The fourth-order valence-electron chi connectivity index (χ4n) is 6.53. The molecule has 5 aromatic rings. The molecule has 3 aromatic heterocycles. The second-order valence-corrected chi connectivity index (χ2v) is 13.1. The molecule has 1 saturated heterocycles. The zero-order valence-corrected chi connectivity index (χ0v) is 25.4. The van der Waals surface area contributed by atoms with Gasteiger partial charge in [-0.1, -0.05) is 48.4 Å². The fraction of sp³-hybridized carbons (Fsp3) is 0.353. The third kappa shape index (κ3) is 5.47. The van der Waals surface area contributed by atoms with Crippen LogP contribution in [0.25, 0.3) is 37.4 Å². The van der Waals surface area contributed by atoms with E-state index in [1.165, 1.54) is 20.5 Å². The number of hydrogen-bond donors (Lipinski definition) is 0. The molecule has 2 aromatic carbocycles. The van der Waals surface area contributed by atoms with E-state index in [1.54, 1.807) is 7.11 Å². The smallest absolute Gasteiger partial charge is 0.225 e. The number of hydrogen-bond acceptors (Lipinski definition) is 5. The number of benzene rings is 2. The van der Waals surface area contributed by atoms with E-state index in [2.05, 4.69) is 75.0 Å². The molecule has 0 bridgehead atoms. The second kappa shape index (κ2) is 11.8. The zero-order chi connectivity index (χ0) is 28.6. The van der Waals surface area contributed by atoms with Gasteiger partial charge in [-0.05, 0) is 61.0 Å². The normalized spacial score (nSPS) is 20.0. The first-order valence-corrected chi connectivity index (χ1v) is 16.0. The van der Waals surface area contributed by atoms with Gasteiger partial charge < -0.3 is 14.0 Å². The van der Waals surface area contributed by atoms with Gasteiger partial charge in [0.25, 0.3) is 0 Å². The van der Waals surface area contributed by atoms with Gasteiger partial charge in [0.15, 0.2) is 0 Å². The third-order valence-electron chi connectivity index (χ3n) is 8.91. The van der Waals surface area contributed by atoms with Crippen LogP contribution in [0.15, 0.2) is 72.9 Å². The highest BCUT2D eigenvalue weighted by Gasteiger charge is 2.32. The highest BCUT2D eigenvalue weighted by atomic mass is 35.5. The Balaban J connectivity index is 1.16. The molecule has 2 aliphatic rings. The Labute approximate surface area is 255 Å². The number of nitrogens with zero attached hydrogens (tertiary/aromatic N) is 4. The van der Waals surface area contributed by atoms with Gasteiger partial charge in [0.05, 0.1) is 17.5 Å². The van der Waals surface area contributed by atoms with Crippen molar-refractivity contribution in [3.63, 3.8) is 0 Å². The Hall–Kier alpha value is -3.23. The zero-order valence-electron chi connectivity index (χ0n) is 23.8. The van der Waals surface area contributed by atoms with E-state index in [4.69, 9.17) is 21.3 Å². The minimum Gasteiger partial charge on any atom is -0.381 e. The number of methoxy groups -OCH3 is 1. The molecule has 0 radical (unpaired) electrons. The lowest BCUT2D eigenvalue weighted by atomic mass is 9.86. The van der Waals surface area contributed by atoms with E-state index in [-0.39, 0.29) is 12.0 Å². The summed E-state index contributed by atoms with van der Waals surface area (Å²) >= 11 is 8.05. The summed E-state index contributed by atoms with van der Waals surface area (Å²) in [5, 5.41) is 1.98. The number of pyridine rings is 1. The molecule has 2 fully saturated rings. The van der Waals surface area contributed by atoms with Crippen molar-refractivity contribution in [3.8, 4) is 21.7 Å². The maximum absolute atomic E-state index is 13.3. The van der Waals surface area contributed by atoms with Gasteiger partial charge in [-0.25, -0.2) is 4.98 Å². The Kier molecular flexibility index (Phi) is 7.76. The first-order valence-electron chi connectivity index (χ1n) is 14.9. The molecule has 7 rings (SSSR count). The van der Waals surface area contributed by atoms with Gasteiger partial charge in [-0.15, -0.1) is 11.3 Å². The van der Waals surface area contributed by atoms with E-state index >= 15 is 0 Å². The number of ether oxygens (including phenoxy) is 1. The topological polar surface area (TPSA) is 50.1 Å². The minimum absolute atomic E-state index is 0.0952. The van der Waals surface area contributed by atoms with Crippen LogP contribution in [0, 0.1) is 5.92 Å². The summed E-state index contributed by atoms with van der Waals surface area (Å²) in [5.74, 6) is 0.402. The highest BCUT2D eigenvalue weighted by molar-refractivity contribution is 7.22. The van der Waals surface area contributed by atoms with E-state index in [9.17, 15) is 4.79 Å². The largest absolute Gasteiger partial charge is 0.381 e. The summed E-state index contributed by atoms with van der Waals surface area (Å²) in [4.78, 5) is 24.2. The van der Waals surface area contributed by atoms with Gasteiger partial charge in [-0.3, -0.25) is 9.69 Å². The Morgan fingerprint density at radius 3 is 2.57 bits per heavy atom. The number of amides is 1. The number of fused-ring (bicyclic) bond motifs is 2. The average molecular weight is 599 g/mol. The van der Waals surface area contributed by atoms with Crippen LogP contribution < -0.4 is 0 Å². The first kappa shape index (κ1) is 27.6. The van der Waals surface area contributed by atoms with E-state index < -0.39 is 0 Å². The molecule has 8 heteroatoms. The molecule has 4 heterocycles. The minimum atomic E-state index is 0.0952. The summed E-state index contributed by atoms with van der Waals surface area (Å²) in [6, 6.07) is 23.1. The lowest BCUT2D eigenvalue weighted by Crippen LogP contribution is -2.50. The number of rotatable bonds is 6. The Morgan fingerprint density at radius 2 is 1.79 bits per heavy atom.